The van der Waals surface area contributed by atoms with Gasteiger partial charge < -0.3 is 19.8 Å². The molecule has 5 heteroatoms. The molecule has 4 nitrogen and oxygen atoms in total. The van der Waals surface area contributed by atoms with Crippen molar-refractivity contribution in [3.63, 3.8) is 0 Å². The maximum absolute atomic E-state index is 9.73. The van der Waals surface area contributed by atoms with Gasteiger partial charge in [0, 0.05) is 12.4 Å². The number of aliphatic carboxylic acids is 2. The molecule has 0 spiro atoms. The van der Waals surface area contributed by atoms with Crippen LogP contribution in [0.15, 0.2) is 12.2 Å². The van der Waals surface area contributed by atoms with Gasteiger partial charge in [0.25, 0.3) is 0 Å². The fraction of sp³-hybridized carbons (Fsp3) is 0.692. The van der Waals surface area contributed by atoms with Crippen LogP contribution in [0.4, 0.5) is 0 Å². The van der Waals surface area contributed by atoms with Gasteiger partial charge in [-0.1, -0.05) is 6.58 Å². The molecule has 0 heterocycles. The molecular formula is C13H22O4Sn. The SMILES string of the molecule is C=C(CC(=O)[O-])C(=O)[O-].CCC[CH2][Sn+2][CH2]CCC. The average molecular weight is 361 g/mol. The summed E-state index contributed by atoms with van der Waals surface area (Å²) in [6.07, 6.45) is 5.16. The summed E-state index contributed by atoms with van der Waals surface area (Å²) in [6.45, 7) is 7.49. The van der Waals surface area contributed by atoms with Crippen molar-refractivity contribution in [2.24, 2.45) is 0 Å². The Bertz CT molecular complexity index is 245. The van der Waals surface area contributed by atoms with Crippen LogP contribution in [0.5, 0.6) is 0 Å². The Balaban J connectivity index is 0. The monoisotopic (exact) mass is 362 g/mol. The van der Waals surface area contributed by atoms with E-state index in [1.54, 1.807) is 8.87 Å². The summed E-state index contributed by atoms with van der Waals surface area (Å²) in [5, 5.41) is 19.4. The second kappa shape index (κ2) is 14.5. The van der Waals surface area contributed by atoms with Gasteiger partial charge in [0.2, 0.25) is 0 Å². The van der Waals surface area contributed by atoms with E-state index in [1.807, 2.05) is 0 Å². The second-order valence-corrected chi connectivity index (χ2v) is 8.18. The fourth-order valence-electron chi connectivity index (χ4n) is 0.975. The predicted molar refractivity (Wildman–Crippen MR) is 69.0 cm³/mol. The third-order valence-corrected chi connectivity index (χ3v) is 6.10. The Kier molecular flexibility index (Phi) is 16.0. The third-order valence-electron chi connectivity index (χ3n) is 2.06. The van der Waals surface area contributed by atoms with E-state index in [2.05, 4.69) is 20.4 Å². The number of carboxylic acid groups (broad SMARTS) is 2. The van der Waals surface area contributed by atoms with Crippen molar-refractivity contribution in [1.82, 2.24) is 0 Å². The zero-order valence-corrected chi connectivity index (χ0v) is 14.1. The Morgan fingerprint density at radius 1 is 1.06 bits per heavy atom. The van der Waals surface area contributed by atoms with Gasteiger partial charge in [0.1, 0.15) is 0 Å². The van der Waals surface area contributed by atoms with Crippen molar-refractivity contribution in [3.8, 4) is 0 Å². The van der Waals surface area contributed by atoms with Gasteiger partial charge in [0.05, 0.1) is 5.97 Å². The Morgan fingerprint density at radius 3 is 1.72 bits per heavy atom. The molecule has 0 aliphatic heterocycles. The van der Waals surface area contributed by atoms with Crippen LogP contribution in [0, 0.1) is 0 Å². The molecule has 0 radical (unpaired) electrons. The average Bonchev–Trinajstić information content (AvgIpc) is 2.29. The van der Waals surface area contributed by atoms with Gasteiger partial charge in [-0.05, 0) is 5.57 Å². The maximum atomic E-state index is 9.73. The summed E-state index contributed by atoms with van der Waals surface area (Å²) in [6, 6.07) is 0. The van der Waals surface area contributed by atoms with Gasteiger partial charge in [0.15, 0.2) is 0 Å². The molecule has 0 aliphatic carbocycles. The van der Waals surface area contributed by atoms with E-state index in [1.165, 1.54) is 25.7 Å². The summed E-state index contributed by atoms with van der Waals surface area (Å²) in [5.74, 6) is -3.02. The fourth-order valence-corrected chi connectivity index (χ4v) is 5.13. The van der Waals surface area contributed by atoms with Gasteiger partial charge in [-0.3, -0.25) is 0 Å². The van der Waals surface area contributed by atoms with Crippen LogP contribution in [-0.4, -0.2) is 33.1 Å². The quantitative estimate of drug-likeness (QED) is 0.342. The molecule has 0 atom stereocenters. The van der Waals surface area contributed by atoms with Crippen LogP contribution >= 0.6 is 0 Å². The number of unbranched alkanes of at least 4 members (excludes halogenated alkanes) is 2. The number of rotatable bonds is 9. The van der Waals surface area contributed by atoms with Gasteiger partial charge >= 0.3 is 69.5 Å². The number of hydrogen-bond donors (Lipinski definition) is 0. The zero-order valence-electron chi connectivity index (χ0n) is 11.3. The van der Waals surface area contributed by atoms with Gasteiger partial charge in [-0.2, -0.15) is 0 Å². The molecule has 0 rings (SSSR count). The second-order valence-electron chi connectivity index (χ2n) is 3.90. The topological polar surface area (TPSA) is 80.3 Å². The van der Waals surface area contributed by atoms with Crippen molar-refractivity contribution >= 4 is 33.1 Å². The predicted octanol–water partition coefficient (Wildman–Crippen LogP) is 0.560. The third kappa shape index (κ3) is 17.9. The first kappa shape index (κ1) is 19.8. The molecule has 0 saturated heterocycles. The molecule has 0 aromatic carbocycles. The van der Waals surface area contributed by atoms with E-state index in [-0.39, 0.29) is 21.1 Å². The minimum absolute atomic E-state index is 0.149. The molecule has 18 heavy (non-hydrogen) atoms. The zero-order chi connectivity index (χ0) is 14.4. The molecule has 0 aromatic rings. The van der Waals surface area contributed by atoms with Crippen LogP contribution in [0.1, 0.15) is 46.0 Å². The number of carbonyl (C=O) groups is 2. The first-order valence-electron chi connectivity index (χ1n) is 6.25. The normalized spacial score (nSPS) is 8.78. The molecule has 102 valence electrons. The molecular weight excluding hydrogens is 339 g/mol. The van der Waals surface area contributed by atoms with Crippen LogP contribution in [0.25, 0.3) is 0 Å². The molecule has 0 fully saturated rings. The van der Waals surface area contributed by atoms with E-state index < -0.39 is 23.9 Å². The molecule has 0 bridgehead atoms. The van der Waals surface area contributed by atoms with E-state index in [4.69, 9.17) is 0 Å². The van der Waals surface area contributed by atoms with Gasteiger partial charge in [-0.15, -0.1) is 0 Å². The van der Waals surface area contributed by atoms with Crippen molar-refractivity contribution in [1.29, 1.82) is 0 Å². The molecule has 0 unspecified atom stereocenters. The van der Waals surface area contributed by atoms with Crippen molar-refractivity contribution in [2.75, 3.05) is 0 Å². The summed E-state index contributed by atoms with van der Waals surface area (Å²) in [7, 11) is 0. The number of hydrogen-bond acceptors (Lipinski definition) is 4. The Labute approximate surface area is 120 Å². The number of carbonyl (C=O) groups excluding carboxylic acids is 2. The standard InChI is InChI=1S/C5H6O4.2C4H9.Sn/c1-3(5(8)9)2-4(6)7;2*1-3-4-2;/h1-2H2,(H,6,7)(H,8,9);2*1,3-4H2,2H3;/q;;;+2/p-2. The van der Waals surface area contributed by atoms with E-state index in [0.29, 0.717) is 0 Å². The Hall–Kier alpha value is -0.521. The minimum atomic E-state index is -1.56. The van der Waals surface area contributed by atoms with Crippen LogP contribution < -0.4 is 10.2 Å². The van der Waals surface area contributed by atoms with Crippen molar-refractivity contribution in [3.05, 3.63) is 12.2 Å². The first-order chi connectivity index (χ1) is 8.45. The van der Waals surface area contributed by atoms with Crippen LogP contribution in [0.3, 0.4) is 0 Å². The van der Waals surface area contributed by atoms with E-state index in [9.17, 15) is 19.8 Å². The molecule has 0 amide bonds. The first-order valence-corrected chi connectivity index (χ1v) is 10.3. The van der Waals surface area contributed by atoms with E-state index in [0.717, 1.165) is 0 Å². The van der Waals surface area contributed by atoms with Gasteiger partial charge in [-0.25, -0.2) is 0 Å². The van der Waals surface area contributed by atoms with Crippen molar-refractivity contribution < 1.29 is 19.8 Å². The number of carboxylic acids is 2. The Morgan fingerprint density at radius 2 is 1.50 bits per heavy atom. The molecule has 0 aliphatic rings. The summed E-state index contributed by atoms with van der Waals surface area (Å²) in [4.78, 5) is 19.4. The summed E-state index contributed by atoms with van der Waals surface area (Å²) < 4.78 is 3.25. The van der Waals surface area contributed by atoms with Crippen LogP contribution in [-0.2, 0) is 9.59 Å². The van der Waals surface area contributed by atoms with Crippen molar-refractivity contribution in [2.45, 2.75) is 54.8 Å². The summed E-state index contributed by atoms with van der Waals surface area (Å²) in [5.41, 5.74) is -0.477. The van der Waals surface area contributed by atoms with E-state index >= 15 is 0 Å². The summed E-state index contributed by atoms with van der Waals surface area (Å²) >= 11 is 0.149. The van der Waals surface area contributed by atoms with Crippen LogP contribution in [0.2, 0.25) is 8.87 Å². The molecule has 0 saturated carbocycles. The molecule has 0 N–H and O–H groups in total. The molecule has 0 aromatic heterocycles.